The minimum atomic E-state index is -1.22. The van der Waals surface area contributed by atoms with Crippen molar-refractivity contribution in [2.24, 2.45) is 0 Å². The zero-order chi connectivity index (χ0) is 31.4. The number of carbonyl (C=O) groups is 2. The maximum atomic E-state index is 15.1. The molecule has 5 aromatic carbocycles. The van der Waals surface area contributed by atoms with Crippen LogP contribution in [0.4, 0.5) is 0 Å². The Balaban J connectivity index is 1.61. The molecule has 0 fully saturated rings. The summed E-state index contributed by atoms with van der Waals surface area (Å²) in [4.78, 5) is 31.5. The van der Waals surface area contributed by atoms with Crippen molar-refractivity contribution in [1.29, 1.82) is 0 Å². The van der Waals surface area contributed by atoms with E-state index in [1.165, 1.54) is 0 Å². The molecule has 0 saturated carbocycles. The zero-order valence-electron chi connectivity index (χ0n) is 24.5. The summed E-state index contributed by atoms with van der Waals surface area (Å²) in [7, 11) is 0. The Morgan fingerprint density at radius 1 is 0.800 bits per heavy atom. The first kappa shape index (κ1) is 31.0. The number of nitrogens with one attached hydrogen (secondary N) is 1. The molecule has 45 heavy (non-hydrogen) atoms. The molecule has 6 rings (SSSR count). The summed E-state index contributed by atoms with van der Waals surface area (Å²) in [5, 5.41) is 13.7. The van der Waals surface area contributed by atoms with Crippen molar-refractivity contribution in [2.75, 3.05) is 0 Å². The Bertz CT molecular complexity index is 1830. The van der Waals surface area contributed by atoms with Gasteiger partial charge < -0.3 is 15.3 Å². The summed E-state index contributed by atoms with van der Waals surface area (Å²) in [5.41, 5.74) is 4.28. The van der Waals surface area contributed by atoms with E-state index < -0.39 is 11.5 Å². The molecule has 5 nitrogen and oxygen atoms in total. The maximum Gasteiger partial charge on any atom is 0.255 e. The third-order valence-electron chi connectivity index (χ3n) is 8.58. The van der Waals surface area contributed by atoms with Crippen LogP contribution < -0.4 is 5.32 Å². The van der Waals surface area contributed by atoms with Gasteiger partial charge in [-0.05, 0) is 80.6 Å². The lowest BCUT2D eigenvalue weighted by Crippen LogP contribution is -2.59. The van der Waals surface area contributed by atoms with Gasteiger partial charge in [0, 0.05) is 27.2 Å². The minimum Gasteiger partial charge on any atom is -0.392 e. The number of fused-ring (bicyclic) bond motifs is 1. The molecular formula is C38H32ClIN2O3. The lowest BCUT2D eigenvalue weighted by atomic mass is 9.63. The largest absolute Gasteiger partial charge is 0.392 e. The predicted octanol–water partition coefficient (Wildman–Crippen LogP) is 7.63. The molecule has 0 bridgehead atoms. The van der Waals surface area contributed by atoms with Crippen LogP contribution in [0.3, 0.4) is 0 Å². The van der Waals surface area contributed by atoms with Crippen LogP contribution in [-0.4, -0.2) is 21.8 Å². The van der Waals surface area contributed by atoms with Gasteiger partial charge in [0.05, 0.1) is 12.6 Å². The molecule has 0 unspecified atom stereocenters. The Kier molecular flexibility index (Phi) is 9.35. The summed E-state index contributed by atoms with van der Waals surface area (Å²) < 4.78 is 1.03. The normalized spacial score (nSPS) is 17.5. The number of aliphatic hydroxyl groups is 1. The number of hydrogen-bond acceptors (Lipinski definition) is 3. The summed E-state index contributed by atoms with van der Waals surface area (Å²) in [6, 6.07) is 39.7. The smallest absolute Gasteiger partial charge is 0.255 e. The molecule has 0 aromatic heterocycles. The minimum absolute atomic E-state index is 0.110. The number of aliphatic hydroxyl groups excluding tert-OH is 1. The third kappa shape index (κ3) is 6.15. The van der Waals surface area contributed by atoms with Crippen LogP contribution >= 0.6 is 34.2 Å². The highest BCUT2D eigenvalue weighted by atomic mass is 127. The van der Waals surface area contributed by atoms with Gasteiger partial charge in [-0.15, -0.1) is 0 Å². The summed E-state index contributed by atoms with van der Waals surface area (Å²) in [5.74, 6) is -0.345. The van der Waals surface area contributed by atoms with Crippen molar-refractivity contribution in [1.82, 2.24) is 10.2 Å². The first-order valence-electron chi connectivity index (χ1n) is 14.8. The van der Waals surface area contributed by atoms with E-state index in [4.69, 9.17) is 11.6 Å². The zero-order valence-corrected chi connectivity index (χ0v) is 27.4. The van der Waals surface area contributed by atoms with Crippen LogP contribution in [0, 0.1) is 3.57 Å². The fourth-order valence-electron chi connectivity index (χ4n) is 6.38. The molecule has 2 N–H and O–H groups in total. The highest BCUT2D eigenvalue weighted by Crippen LogP contribution is 2.50. The molecule has 5 aromatic rings. The van der Waals surface area contributed by atoms with Gasteiger partial charge in [0.2, 0.25) is 5.91 Å². The van der Waals surface area contributed by atoms with Crippen LogP contribution in [0.1, 0.15) is 49.8 Å². The fourth-order valence-corrected chi connectivity index (χ4v) is 7.16. The highest BCUT2D eigenvalue weighted by Gasteiger charge is 2.56. The van der Waals surface area contributed by atoms with Gasteiger partial charge in [0.25, 0.3) is 5.91 Å². The van der Waals surface area contributed by atoms with Crippen molar-refractivity contribution in [3.8, 4) is 0 Å². The first-order chi connectivity index (χ1) is 21.9. The summed E-state index contributed by atoms with van der Waals surface area (Å²) >= 11 is 9.00. The Morgan fingerprint density at radius 3 is 2.16 bits per heavy atom. The number of hydrogen-bond donors (Lipinski definition) is 2. The van der Waals surface area contributed by atoms with E-state index in [9.17, 15) is 9.90 Å². The van der Waals surface area contributed by atoms with Crippen LogP contribution in [0.25, 0.3) is 0 Å². The van der Waals surface area contributed by atoms with Gasteiger partial charge in [-0.1, -0.05) is 121 Å². The first-order valence-corrected chi connectivity index (χ1v) is 16.3. The monoisotopic (exact) mass is 726 g/mol. The SMILES string of the molecule is O=C1c2ccccc2[C@](Cc2ccccc2I)(C(=O)NCc2ccccc2)[C@H](c2ccc(CO)cc2)N1Cc1ccccc1Cl. The molecule has 0 radical (unpaired) electrons. The predicted molar refractivity (Wildman–Crippen MR) is 186 cm³/mol. The van der Waals surface area contributed by atoms with Crippen LogP contribution in [0.2, 0.25) is 5.02 Å². The summed E-state index contributed by atoms with van der Waals surface area (Å²) in [6.45, 7) is 0.434. The average Bonchev–Trinajstić information content (AvgIpc) is 3.08. The van der Waals surface area contributed by atoms with E-state index >= 15 is 4.79 Å². The lowest BCUT2D eigenvalue weighted by Gasteiger charge is -2.50. The second-order valence-corrected chi connectivity index (χ2v) is 12.8. The maximum absolute atomic E-state index is 15.1. The van der Waals surface area contributed by atoms with Crippen molar-refractivity contribution in [3.05, 3.63) is 175 Å². The Morgan fingerprint density at radius 2 is 1.44 bits per heavy atom. The van der Waals surface area contributed by atoms with E-state index in [1.54, 1.807) is 4.90 Å². The molecule has 1 aliphatic heterocycles. The van der Waals surface area contributed by atoms with Gasteiger partial charge in [0.1, 0.15) is 5.41 Å². The second-order valence-electron chi connectivity index (χ2n) is 11.3. The molecule has 0 saturated heterocycles. The van der Waals surface area contributed by atoms with Gasteiger partial charge in [-0.3, -0.25) is 9.59 Å². The van der Waals surface area contributed by atoms with Gasteiger partial charge in [-0.25, -0.2) is 0 Å². The molecule has 2 atom stereocenters. The lowest BCUT2D eigenvalue weighted by molar-refractivity contribution is -0.130. The van der Waals surface area contributed by atoms with Crippen LogP contribution in [0.5, 0.6) is 0 Å². The average molecular weight is 727 g/mol. The van der Waals surface area contributed by atoms with E-state index in [0.29, 0.717) is 29.1 Å². The molecule has 0 spiro atoms. The molecule has 226 valence electrons. The number of rotatable bonds is 9. The Hall–Kier alpha value is -3.98. The van der Waals surface area contributed by atoms with Crippen molar-refractivity contribution in [3.63, 3.8) is 0 Å². The molecule has 2 amide bonds. The van der Waals surface area contributed by atoms with Crippen molar-refractivity contribution < 1.29 is 14.7 Å². The topological polar surface area (TPSA) is 69.6 Å². The molecule has 0 aliphatic carbocycles. The molecule has 1 heterocycles. The second kappa shape index (κ2) is 13.6. The van der Waals surface area contributed by atoms with Gasteiger partial charge in [-0.2, -0.15) is 0 Å². The third-order valence-corrected chi connectivity index (χ3v) is 10.0. The molecule has 7 heteroatoms. The summed E-state index contributed by atoms with van der Waals surface area (Å²) in [6.07, 6.45) is 0.350. The number of amides is 2. The van der Waals surface area contributed by atoms with Gasteiger partial charge >= 0.3 is 0 Å². The van der Waals surface area contributed by atoms with Crippen molar-refractivity contribution >= 4 is 46.0 Å². The standard InChI is InChI=1S/C38H32ClIN2O3/c39-33-16-8-4-13-30(33)24-42-35(28-20-18-27(25-43)19-21-28)38(22-29-12-5-9-17-34(29)40,32-15-7-6-14-31(32)36(42)44)37(45)41-23-26-10-2-1-3-11-26/h1-21,35,43H,22-25H2,(H,41,45)/t35-,38-/m0/s1. The quantitative estimate of drug-likeness (QED) is 0.154. The molecule has 1 aliphatic rings. The number of benzene rings is 5. The highest BCUT2D eigenvalue weighted by molar-refractivity contribution is 14.1. The van der Waals surface area contributed by atoms with Gasteiger partial charge in [0.15, 0.2) is 0 Å². The number of carbonyl (C=O) groups excluding carboxylic acids is 2. The van der Waals surface area contributed by atoms with E-state index in [2.05, 4.69) is 34.0 Å². The number of nitrogens with zero attached hydrogens (tertiary/aromatic N) is 1. The number of halogens is 2. The van der Waals surface area contributed by atoms with Crippen LogP contribution in [0.15, 0.2) is 127 Å². The Labute approximate surface area is 282 Å². The van der Waals surface area contributed by atoms with E-state index in [0.717, 1.165) is 31.4 Å². The van der Waals surface area contributed by atoms with Crippen molar-refractivity contribution in [2.45, 2.75) is 37.6 Å². The van der Waals surface area contributed by atoms with Crippen LogP contribution in [-0.2, 0) is 36.3 Å². The van der Waals surface area contributed by atoms with E-state index in [-0.39, 0.29) is 25.0 Å². The molecular weight excluding hydrogens is 695 g/mol. The van der Waals surface area contributed by atoms with E-state index in [1.807, 2.05) is 121 Å². The fraction of sp³-hybridized carbons (Fsp3) is 0.158.